The zero-order valence-corrected chi connectivity index (χ0v) is 14.9. The molecule has 4 nitrogen and oxygen atoms in total. The maximum atomic E-state index is 12.3. The SMILES string of the molecule is CCOC(=O)C1CCC([C@@H](CC)NS(=O)C(C)(C)C)CC1. The monoisotopic (exact) mass is 317 g/mol. The molecular formula is C16H31NO3S. The average molecular weight is 317 g/mol. The molecule has 21 heavy (non-hydrogen) atoms. The molecule has 1 fully saturated rings. The van der Waals surface area contributed by atoms with E-state index in [1.807, 2.05) is 27.7 Å². The Labute approximate surface area is 132 Å². The summed E-state index contributed by atoms with van der Waals surface area (Å²) in [5.74, 6) is 0.522. The Kier molecular flexibility index (Phi) is 7.34. The van der Waals surface area contributed by atoms with Gasteiger partial charge in [-0.25, -0.2) is 8.93 Å². The summed E-state index contributed by atoms with van der Waals surface area (Å²) in [6.45, 7) is 10.4. The van der Waals surface area contributed by atoms with Gasteiger partial charge in [0.05, 0.1) is 28.3 Å². The van der Waals surface area contributed by atoms with E-state index in [1.54, 1.807) is 0 Å². The van der Waals surface area contributed by atoms with Gasteiger partial charge >= 0.3 is 5.97 Å². The van der Waals surface area contributed by atoms with Crippen molar-refractivity contribution >= 4 is 17.0 Å². The van der Waals surface area contributed by atoms with Crippen LogP contribution in [-0.2, 0) is 20.5 Å². The Bertz CT molecular complexity index is 357. The summed E-state index contributed by atoms with van der Waals surface area (Å²) in [5, 5.41) is 0. The van der Waals surface area contributed by atoms with Gasteiger partial charge in [-0.05, 0) is 65.7 Å². The fraction of sp³-hybridized carbons (Fsp3) is 0.938. The van der Waals surface area contributed by atoms with Crippen LogP contribution in [0.2, 0.25) is 0 Å². The zero-order chi connectivity index (χ0) is 16.0. The second-order valence-corrected chi connectivity index (χ2v) is 8.88. The summed E-state index contributed by atoms with van der Waals surface area (Å²) in [4.78, 5) is 11.8. The van der Waals surface area contributed by atoms with E-state index in [1.165, 1.54) is 0 Å². The highest BCUT2D eigenvalue weighted by atomic mass is 32.2. The summed E-state index contributed by atoms with van der Waals surface area (Å²) in [6, 6.07) is 0.271. The van der Waals surface area contributed by atoms with Crippen molar-refractivity contribution in [2.45, 2.75) is 77.5 Å². The second-order valence-electron chi connectivity index (χ2n) is 6.88. The molecule has 124 valence electrons. The first kappa shape index (κ1) is 18.6. The molecule has 1 unspecified atom stereocenters. The molecule has 1 N–H and O–H groups in total. The maximum Gasteiger partial charge on any atom is 0.308 e. The van der Waals surface area contributed by atoms with Gasteiger partial charge in [-0.1, -0.05) is 6.92 Å². The first-order valence-corrected chi connectivity index (χ1v) is 9.29. The molecule has 1 rings (SSSR count). The molecule has 0 radical (unpaired) electrons. The van der Waals surface area contributed by atoms with Gasteiger partial charge in [-0.2, -0.15) is 0 Å². The van der Waals surface area contributed by atoms with Crippen LogP contribution in [0, 0.1) is 11.8 Å². The Morgan fingerprint density at radius 2 is 1.81 bits per heavy atom. The Morgan fingerprint density at radius 1 is 1.24 bits per heavy atom. The summed E-state index contributed by atoms with van der Waals surface area (Å²) >= 11 is 0. The van der Waals surface area contributed by atoms with Gasteiger partial charge in [0.1, 0.15) is 0 Å². The molecule has 1 aliphatic rings. The van der Waals surface area contributed by atoms with Crippen LogP contribution in [0.5, 0.6) is 0 Å². The molecule has 5 heteroatoms. The predicted octanol–water partition coefficient (Wildman–Crippen LogP) is 3.19. The average Bonchev–Trinajstić information content (AvgIpc) is 2.44. The van der Waals surface area contributed by atoms with Crippen molar-refractivity contribution < 1.29 is 13.7 Å². The Hall–Kier alpha value is -0.420. The van der Waals surface area contributed by atoms with Crippen molar-refractivity contribution in [1.29, 1.82) is 0 Å². The topological polar surface area (TPSA) is 55.4 Å². The van der Waals surface area contributed by atoms with Crippen molar-refractivity contribution in [2.24, 2.45) is 11.8 Å². The van der Waals surface area contributed by atoms with Crippen LogP contribution in [-0.4, -0.2) is 27.6 Å². The molecule has 0 saturated heterocycles. The molecule has 0 heterocycles. The number of nitrogens with one attached hydrogen (secondary N) is 1. The molecule has 0 bridgehead atoms. The maximum absolute atomic E-state index is 12.3. The van der Waals surface area contributed by atoms with E-state index in [2.05, 4.69) is 11.6 Å². The van der Waals surface area contributed by atoms with E-state index in [-0.39, 0.29) is 22.7 Å². The van der Waals surface area contributed by atoms with Gasteiger partial charge in [0, 0.05) is 6.04 Å². The van der Waals surface area contributed by atoms with Crippen LogP contribution in [0.15, 0.2) is 0 Å². The van der Waals surface area contributed by atoms with E-state index in [0.29, 0.717) is 12.5 Å². The highest BCUT2D eigenvalue weighted by molar-refractivity contribution is 7.84. The number of ether oxygens (including phenoxy) is 1. The highest BCUT2D eigenvalue weighted by Gasteiger charge is 2.32. The fourth-order valence-electron chi connectivity index (χ4n) is 2.84. The number of hydrogen-bond donors (Lipinski definition) is 1. The largest absolute Gasteiger partial charge is 0.466 e. The number of hydrogen-bond acceptors (Lipinski definition) is 3. The lowest BCUT2D eigenvalue weighted by molar-refractivity contribution is -0.149. The van der Waals surface area contributed by atoms with E-state index in [0.717, 1.165) is 32.1 Å². The third-order valence-corrected chi connectivity index (χ3v) is 5.84. The Balaban J connectivity index is 2.51. The Morgan fingerprint density at radius 3 is 2.24 bits per heavy atom. The molecule has 2 atom stereocenters. The molecule has 1 saturated carbocycles. The quantitative estimate of drug-likeness (QED) is 0.766. The lowest BCUT2D eigenvalue weighted by atomic mass is 9.78. The molecule has 0 amide bonds. The predicted molar refractivity (Wildman–Crippen MR) is 87.2 cm³/mol. The molecule has 1 aliphatic carbocycles. The molecule has 0 aromatic carbocycles. The molecular weight excluding hydrogens is 286 g/mol. The first-order chi connectivity index (χ1) is 9.79. The van der Waals surface area contributed by atoms with Crippen molar-refractivity contribution in [3.05, 3.63) is 0 Å². The summed E-state index contributed by atoms with van der Waals surface area (Å²) < 4.78 is 20.4. The van der Waals surface area contributed by atoms with Crippen molar-refractivity contribution in [3.63, 3.8) is 0 Å². The van der Waals surface area contributed by atoms with Gasteiger partial charge in [-0.3, -0.25) is 4.79 Å². The third-order valence-electron chi connectivity index (χ3n) is 4.22. The summed E-state index contributed by atoms with van der Waals surface area (Å²) in [7, 11) is -1.03. The number of esters is 1. The van der Waals surface area contributed by atoms with E-state index >= 15 is 0 Å². The lowest BCUT2D eigenvalue weighted by Crippen LogP contribution is -2.44. The van der Waals surface area contributed by atoms with Crippen LogP contribution < -0.4 is 4.72 Å². The number of rotatable bonds is 6. The van der Waals surface area contributed by atoms with Crippen LogP contribution in [0.25, 0.3) is 0 Å². The van der Waals surface area contributed by atoms with E-state index in [9.17, 15) is 9.00 Å². The minimum absolute atomic E-state index is 0.0461. The molecule has 0 aliphatic heterocycles. The van der Waals surface area contributed by atoms with Gasteiger partial charge in [-0.15, -0.1) is 0 Å². The molecule has 0 aromatic heterocycles. The number of carbonyl (C=O) groups excluding carboxylic acids is 1. The van der Waals surface area contributed by atoms with Crippen LogP contribution in [0.4, 0.5) is 0 Å². The summed E-state index contributed by atoms with van der Waals surface area (Å²) in [5.41, 5.74) is 0. The summed E-state index contributed by atoms with van der Waals surface area (Å²) in [6.07, 6.45) is 4.77. The van der Waals surface area contributed by atoms with Gasteiger partial charge in [0.25, 0.3) is 0 Å². The van der Waals surface area contributed by atoms with Gasteiger partial charge in [0.15, 0.2) is 0 Å². The van der Waals surface area contributed by atoms with E-state index in [4.69, 9.17) is 4.74 Å². The number of carbonyl (C=O) groups is 1. The van der Waals surface area contributed by atoms with E-state index < -0.39 is 11.0 Å². The molecule has 0 spiro atoms. The van der Waals surface area contributed by atoms with Crippen LogP contribution in [0.1, 0.15) is 66.7 Å². The minimum atomic E-state index is -1.03. The van der Waals surface area contributed by atoms with Crippen molar-refractivity contribution in [1.82, 2.24) is 4.72 Å². The van der Waals surface area contributed by atoms with Crippen molar-refractivity contribution in [2.75, 3.05) is 6.61 Å². The van der Waals surface area contributed by atoms with Crippen LogP contribution >= 0.6 is 0 Å². The third kappa shape index (κ3) is 5.70. The lowest BCUT2D eigenvalue weighted by Gasteiger charge is -2.34. The minimum Gasteiger partial charge on any atom is -0.466 e. The normalized spacial score (nSPS) is 26.1. The standard InChI is InChI=1S/C16H31NO3S/c1-6-14(17-21(19)16(3,4)5)12-8-10-13(11-9-12)15(18)20-7-2/h12-14,17H,6-11H2,1-5H3/t12?,13?,14-,21?/m1/s1. The fourth-order valence-corrected chi connectivity index (χ4v) is 3.83. The zero-order valence-electron chi connectivity index (χ0n) is 14.1. The first-order valence-electron chi connectivity index (χ1n) is 8.14. The van der Waals surface area contributed by atoms with Gasteiger partial charge < -0.3 is 4.74 Å². The van der Waals surface area contributed by atoms with Gasteiger partial charge in [0.2, 0.25) is 0 Å². The highest BCUT2D eigenvalue weighted by Crippen LogP contribution is 2.33. The smallest absolute Gasteiger partial charge is 0.308 e. The van der Waals surface area contributed by atoms with Crippen LogP contribution in [0.3, 0.4) is 0 Å². The van der Waals surface area contributed by atoms with Crippen molar-refractivity contribution in [3.8, 4) is 0 Å². The second kappa shape index (κ2) is 8.28. The molecule has 0 aromatic rings.